The maximum Gasteiger partial charge on any atom is 0.306 e. The van der Waals surface area contributed by atoms with Crippen LogP contribution in [0.3, 0.4) is 0 Å². The number of halogens is 1. The van der Waals surface area contributed by atoms with Gasteiger partial charge in [-0.1, -0.05) is 0 Å². The second kappa shape index (κ2) is 7.83. The summed E-state index contributed by atoms with van der Waals surface area (Å²) < 4.78 is 33.3. The van der Waals surface area contributed by atoms with Gasteiger partial charge in [-0.15, -0.1) is 11.6 Å². The first-order valence-corrected chi connectivity index (χ1v) is 6.71. The van der Waals surface area contributed by atoms with Gasteiger partial charge in [-0.3, -0.25) is 4.79 Å². The summed E-state index contributed by atoms with van der Waals surface area (Å²) in [5.74, 6) is -0.466. The first kappa shape index (κ1) is 15.6. The van der Waals surface area contributed by atoms with E-state index in [0.717, 1.165) is 4.31 Å². The molecule has 0 unspecified atom stereocenters. The zero-order valence-electron chi connectivity index (χ0n) is 9.31. The molecule has 0 atom stereocenters. The molecule has 0 bridgehead atoms. The summed E-state index contributed by atoms with van der Waals surface area (Å²) in [6.07, 6.45) is -0.00364. The number of carbonyl (C=O) groups is 1. The van der Waals surface area contributed by atoms with Gasteiger partial charge in [-0.2, -0.15) is 4.31 Å². The molecule has 0 spiro atoms. The summed E-state index contributed by atoms with van der Waals surface area (Å²) >= 11 is 5.33. The van der Waals surface area contributed by atoms with Gasteiger partial charge in [-0.05, 0) is 0 Å². The van der Waals surface area contributed by atoms with Crippen LogP contribution in [0.15, 0.2) is 0 Å². The van der Waals surface area contributed by atoms with Crippen molar-refractivity contribution in [3.05, 3.63) is 0 Å². The second-order valence-corrected chi connectivity index (χ2v) is 5.49. The molecule has 16 heavy (non-hydrogen) atoms. The Labute approximate surface area is 101 Å². The van der Waals surface area contributed by atoms with Crippen LogP contribution in [-0.4, -0.2) is 57.8 Å². The molecule has 0 aromatic carbocycles. The van der Waals surface area contributed by atoms with Crippen LogP contribution in [0.2, 0.25) is 0 Å². The fourth-order valence-electron chi connectivity index (χ4n) is 0.970. The first-order valence-electron chi connectivity index (χ1n) is 4.57. The van der Waals surface area contributed by atoms with Crippen molar-refractivity contribution in [2.75, 3.05) is 39.1 Å². The molecule has 96 valence electrons. The Morgan fingerprint density at radius 3 is 2.38 bits per heavy atom. The van der Waals surface area contributed by atoms with Crippen LogP contribution in [0.25, 0.3) is 0 Å². The van der Waals surface area contributed by atoms with Crippen molar-refractivity contribution in [1.29, 1.82) is 0 Å². The van der Waals surface area contributed by atoms with Crippen molar-refractivity contribution < 1.29 is 22.7 Å². The van der Waals surface area contributed by atoms with Gasteiger partial charge in [0.25, 0.3) is 0 Å². The molecule has 0 aromatic rings. The van der Waals surface area contributed by atoms with E-state index in [9.17, 15) is 13.2 Å². The summed E-state index contributed by atoms with van der Waals surface area (Å²) in [6, 6.07) is 0. The summed E-state index contributed by atoms with van der Waals surface area (Å²) in [4.78, 5) is 10.9. The highest BCUT2D eigenvalue weighted by atomic mass is 35.5. The average molecular weight is 274 g/mol. The predicted molar refractivity (Wildman–Crippen MR) is 59.7 cm³/mol. The van der Waals surface area contributed by atoms with E-state index < -0.39 is 21.2 Å². The molecule has 0 heterocycles. The topological polar surface area (TPSA) is 72.9 Å². The Kier molecular flexibility index (Phi) is 7.65. The van der Waals surface area contributed by atoms with Crippen LogP contribution in [-0.2, 0) is 24.3 Å². The number of ether oxygens (including phenoxy) is 2. The average Bonchev–Trinajstić information content (AvgIpc) is 2.28. The highest BCUT2D eigenvalue weighted by Gasteiger charge is 2.21. The van der Waals surface area contributed by atoms with E-state index >= 15 is 0 Å². The Morgan fingerprint density at radius 2 is 1.94 bits per heavy atom. The van der Waals surface area contributed by atoms with Crippen molar-refractivity contribution in [2.24, 2.45) is 0 Å². The minimum Gasteiger partial charge on any atom is -0.469 e. The summed E-state index contributed by atoms with van der Waals surface area (Å²) in [5.41, 5.74) is 0. The zero-order chi connectivity index (χ0) is 12.6. The maximum absolute atomic E-state index is 11.5. The van der Waals surface area contributed by atoms with Gasteiger partial charge in [0.15, 0.2) is 0 Å². The van der Waals surface area contributed by atoms with Crippen LogP contribution in [0.5, 0.6) is 0 Å². The third-order valence-corrected chi connectivity index (χ3v) is 4.12. The normalized spacial score (nSPS) is 11.8. The third-order valence-electron chi connectivity index (χ3n) is 1.87. The molecule has 0 radical (unpaired) electrons. The molecule has 0 aliphatic rings. The SMILES string of the molecule is COCCN(CCC(=O)OC)S(=O)(=O)CCl. The number of sulfonamides is 1. The summed E-state index contributed by atoms with van der Waals surface area (Å²) in [5, 5.41) is -0.516. The zero-order valence-corrected chi connectivity index (χ0v) is 10.9. The van der Waals surface area contributed by atoms with Crippen LogP contribution >= 0.6 is 11.6 Å². The molecular weight excluding hydrogens is 258 g/mol. The van der Waals surface area contributed by atoms with Crippen molar-refractivity contribution >= 4 is 27.6 Å². The highest BCUT2D eigenvalue weighted by Crippen LogP contribution is 2.05. The van der Waals surface area contributed by atoms with E-state index in [1.54, 1.807) is 0 Å². The Bertz CT molecular complexity index is 306. The van der Waals surface area contributed by atoms with Crippen molar-refractivity contribution in [2.45, 2.75) is 6.42 Å². The van der Waals surface area contributed by atoms with Gasteiger partial charge >= 0.3 is 5.97 Å². The number of alkyl halides is 1. The molecular formula is C8H16ClNO5S. The van der Waals surface area contributed by atoms with E-state index in [4.69, 9.17) is 16.3 Å². The summed E-state index contributed by atoms with van der Waals surface area (Å²) in [7, 11) is -0.813. The number of nitrogens with zero attached hydrogens (tertiary/aromatic N) is 1. The molecule has 0 fully saturated rings. The lowest BCUT2D eigenvalue weighted by atomic mass is 10.4. The van der Waals surface area contributed by atoms with Crippen LogP contribution < -0.4 is 0 Å². The van der Waals surface area contributed by atoms with Crippen LogP contribution in [0.4, 0.5) is 0 Å². The van der Waals surface area contributed by atoms with E-state index in [2.05, 4.69) is 4.74 Å². The lowest BCUT2D eigenvalue weighted by molar-refractivity contribution is -0.140. The van der Waals surface area contributed by atoms with Gasteiger partial charge in [-0.25, -0.2) is 8.42 Å². The van der Waals surface area contributed by atoms with Gasteiger partial charge in [0.05, 0.1) is 20.1 Å². The number of rotatable bonds is 8. The number of esters is 1. The molecule has 8 heteroatoms. The van der Waals surface area contributed by atoms with Crippen LogP contribution in [0, 0.1) is 0 Å². The molecule has 0 aromatic heterocycles. The fraction of sp³-hybridized carbons (Fsp3) is 0.875. The lowest BCUT2D eigenvalue weighted by Crippen LogP contribution is -2.36. The first-order chi connectivity index (χ1) is 7.47. The number of hydrogen-bond donors (Lipinski definition) is 0. The van der Waals surface area contributed by atoms with Crippen LogP contribution in [0.1, 0.15) is 6.42 Å². The Hall–Kier alpha value is -0.370. The molecule has 0 amide bonds. The monoisotopic (exact) mass is 273 g/mol. The van der Waals surface area contributed by atoms with Crippen molar-refractivity contribution in [3.63, 3.8) is 0 Å². The molecule has 0 rings (SSSR count). The molecule has 0 saturated carbocycles. The number of hydrogen-bond acceptors (Lipinski definition) is 5. The Balaban J connectivity index is 4.38. The molecule has 0 aliphatic carbocycles. The maximum atomic E-state index is 11.5. The standard InChI is InChI=1S/C8H16ClNO5S/c1-14-6-5-10(16(12,13)7-9)4-3-8(11)15-2/h3-7H2,1-2H3. The van der Waals surface area contributed by atoms with E-state index in [1.165, 1.54) is 14.2 Å². The van der Waals surface area contributed by atoms with E-state index in [1.807, 2.05) is 0 Å². The minimum atomic E-state index is -3.53. The fourth-order valence-corrected chi connectivity index (χ4v) is 2.24. The number of methoxy groups -OCH3 is 2. The highest BCUT2D eigenvalue weighted by molar-refractivity contribution is 7.90. The van der Waals surface area contributed by atoms with Gasteiger partial charge < -0.3 is 9.47 Å². The van der Waals surface area contributed by atoms with Gasteiger partial charge in [0, 0.05) is 20.2 Å². The van der Waals surface area contributed by atoms with Crippen molar-refractivity contribution in [1.82, 2.24) is 4.31 Å². The summed E-state index contributed by atoms with van der Waals surface area (Å²) in [6.45, 7) is 0.463. The van der Waals surface area contributed by atoms with E-state index in [0.29, 0.717) is 0 Å². The van der Waals surface area contributed by atoms with Gasteiger partial charge in [0.2, 0.25) is 10.0 Å². The minimum absolute atomic E-state index is 0.00364. The molecule has 0 saturated heterocycles. The Morgan fingerprint density at radius 1 is 1.31 bits per heavy atom. The van der Waals surface area contributed by atoms with Gasteiger partial charge in [0.1, 0.15) is 5.21 Å². The smallest absolute Gasteiger partial charge is 0.306 e. The van der Waals surface area contributed by atoms with E-state index in [-0.39, 0.29) is 26.1 Å². The predicted octanol–water partition coefficient (Wildman–Crippen LogP) is 0.0240. The molecule has 0 N–H and O–H groups in total. The lowest BCUT2D eigenvalue weighted by Gasteiger charge is -2.19. The second-order valence-electron chi connectivity index (χ2n) is 2.94. The van der Waals surface area contributed by atoms with Crippen molar-refractivity contribution in [3.8, 4) is 0 Å². The molecule has 0 aliphatic heterocycles. The number of carbonyl (C=O) groups excluding carboxylic acids is 1. The third kappa shape index (κ3) is 5.64. The quantitative estimate of drug-likeness (QED) is 0.461. The molecule has 6 nitrogen and oxygen atoms in total. The largest absolute Gasteiger partial charge is 0.469 e.